The summed E-state index contributed by atoms with van der Waals surface area (Å²) in [4.78, 5) is 39.5. The Morgan fingerprint density at radius 1 is 1.37 bits per heavy atom. The number of carbonyl (C=O) groups is 2. The van der Waals surface area contributed by atoms with Crippen LogP contribution < -0.4 is 11.1 Å². The minimum atomic E-state index is -0.996. The average Bonchev–Trinajstić information content (AvgIpc) is 2.64. The van der Waals surface area contributed by atoms with Crippen LogP contribution in [-0.2, 0) is 15.1 Å². The van der Waals surface area contributed by atoms with Crippen LogP contribution in [0, 0.1) is 5.92 Å². The van der Waals surface area contributed by atoms with Crippen LogP contribution in [0.3, 0.4) is 0 Å². The van der Waals surface area contributed by atoms with Crippen LogP contribution in [-0.4, -0.2) is 21.4 Å². The number of aromatic nitrogens is 2. The lowest BCUT2D eigenvalue weighted by Crippen LogP contribution is -2.68. The zero-order valence-electron chi connectivity index (χ0n) is 9.75. The van der Waals surface area contributed by atoms with E-state index in [0.717, 1.165) is 0 Å². The molecule has 1 aliphatic carbocycles. The molecule has 0 spiro atoms. The van der Waals surface area contributed by atoms with Crippen LogP contribution in [0.25, 0.3) is 11.2 Å². The SMILES string of the molecule is O=C1NC(=O)C2(n3c(=O)oc4ncccc43)CC1C2. The second-order valence-corrected chi connectivity index (χ2v) is 4.99. The number of hydrogen-bond acceptors (Lipinski definition) is 5. The first-order valence-corrected chi connectivity index (χ1v) is 5.94. The van der Waals surface area contributed by atoms with E-state index in [2.05, 4.69) is 10.3 Å². The van der Waals surface area contributed by atoms with E-state index < -0.39 is 17.2 Å². The van der Waals surface area contributed by atoms with Gasteiger partial charge >= 0.3 is 5.76 Å². The number of hydrogen-bond donors (Lipinski definition) is 1. The van der Waals surface area contributed by atoms with Gasteiger partial charge in [-0.05, 0) is 25.0 Å². The van der Waals surface area contributed by atoms with Crippen molar-refractivity contribution >= 4 is 23.0 Å². The molecule has 96 valence electrons. The van der Waals surface area contributed by atoms with Gasteiger partial charge in [0, 0.05) is 12.1 Å². The fourth-order valence-corrected chi connectivity index (χ4v) is 3.00. The number of rotatable bonds is 1. The highest BCUT2D eigenvalue weighted by Gasteiger charge is 2.60. The Hall–Kier alpha value is -2.44. The van der Waals surface area contributed by atoms with E-state index in [-0.39, 0.29) is 17.5 Å². The second-order valence-electron chi connectivity index (χ2n) is 4.99. The van der Waals surface area contributed by atoms with Crippen molar-refractivity contribution in [2.24, 2.45) is 5.92 Å². The summed E-state index contributed by atoms with van der Waals surface area (Å²) in [6, 6.07) is 3.35. The van der Waals surface area contributed by atoms with Crippen molar-refractivity contribution in [1.82, 2.24) is 14.9 Å². The minimum absolute atomic E-state index is 0.203. The Kier molecular flexibility index (Phi) is 1.72. The fraction of sp³-hybridized carbons (Fsp3) is 0.333. The number of nitrogens with zero attached hydrogens (tertiary/aromatic N) is 2. The quantitative estimate of drug-likeness (QED) is 0.713. The Balaban J connectivity index is 1.97. The van der Waals surface area contributed by atoms with Crippen LogP contribution >= 0.6 is 0 Å². The molecule has 2 saturated heterocycles. The molecule has 2 aliphatic heterocycles. The fourth-order valence-electron chi connectivity index (χ4n) is 3.00. The maximum atomic E-state index is 12.1. The summed E-state index contributed by atoms with van der Waals surface area (Å²) in [5.74, 6) is -1.51. The van der Waals surface area contributed by atoms with Crippen molar-refractivity contribution in [1.29, 1.82) is 0 Å². The molecule has 19 heavy (non-hydrogen) atoms. The van der Waals surface area contributed by atoms with Gasteiger partial charge in [0.15, 0.2) is 0 Å². The van der Waals surface area contributed by atoms with Crippen molar-refractivity contribution < 1.29 is 14.0 Å². The van der Waals surface area contributed by atoms with Gasteiger partial charge in [0.25, 0.3) is 5.91 Å². The maximum absolute atomic E-state index is 12.1. The van der Waals surface area contributed by atoms with E-state index in [4.69, 9.17) is 4.42 Å². The maximum Gasteiger partial charge on any atom is 0.422 e. The molecule has 3 aliphatic rings. The molecule has 2 bridgehead atoms. The highest BCUT2D eigenvalue weighted by atomic mass is 16.4. The van der Waals surface area contributed by atoms with Crippen LogP contribution in [0.15, 0.2) is 27.5 Å². The predicted octanol–water partition coefficient (Wildman–Crippen LogP) is -0.249. The first-order chi connectivity index (χ1) is 9.12. The van der Waals surface area contributed by atoms with Crippen molar-refractivity contribution in [2.75, 3.05) is 0 Å². The minimum Gasteiger partial charge on any atom is -0.389 e. The molecule has 2 aromatic heterocycles. The van der Waals surface area contributed by atoms with Crippen LogP contribution in [0.1, 0.15) is 12.8 Å². The van der Waals surface area contributed by atoms with Crippen molar-refractivity contribution in [3.63, 3.8) is 0 Å². The molecule has 7 nitrogen and oxygen atoms in total. The monoisotopic (exact) mass is 259 g/mol. The molecular formula is C12H9N3O4. The van der Waals surface area contributed by atoms with Crippen molar-refractivity contribution in [3.05, 3.63) is 28.9 Å². The lowest BCUT2D eigenvalue weighted by Gasteiger charge is -2.49. The summed E-state index contributed by atoms with van der Waals surface area (Å²) >= 11 is 0. The molecule has 0 aromatic carbocycles. The van der Waals surface area contributed by atoms with Gasteiger partial charge in [0.2, 0.25) is 11.6 Å². The lowest BCUT2D eigenvalue weighted by molar-refractivity contribution is -0.156. The zero-order valence-corrected chi connectivity index (χ0v) is 9.75. The van der Waals surface area contributed by atoms with Gasteiger partial charge in [-0.15, -0.1) is 0 Å². The third-order valence-corrected chi connectivity index (χ3v) is 3.98. The molecule has 2 amide bonds. The van der Waals surface area contributed by atoms with Gasteiger partial charge in [-0.3, -0.25) is 19.5 Å². The third kappa shape index (κ3) is 1.12. The Morgan fingerprint density at radius 2 is 2.16 bits per heavy atom. The smallest absolute Gasteiger partial charge is 0.389 e. The highest BCUT2D eigenvalue weighted by molar-refractivity contribution is 6.06. The summed E-state index contributed by atoms with van der Waals surface area (Å²) in [7, 11) is 0. The zero-order chi connectivity index (χ0) is 13.2. The Bertz CT molecular complexity index is 782. The molecule has 0 radical (unpaired) electrons. The number of imide groups is 1. The predicted molar refractivity (Wildman–Crippen MR) is 62.1 cm³/mol. The van der Waals surface area contributed by atoms with Crippen molar-refractivity contribution in [3.8, 4) is 0 Å². The summed E-state index contributed by atoms with van der Waals surface area (Å²) < 4.78 is 6.38. The molecule has 0 unspecified atom stereocenters. The number of carbonyl (C=O) groups excluding carboxylic acids is 2. The van der Waals surface area contributed by atoms with Gasteiger partial charge < -0.3 is 4.42 Å². The van der Waals surface area contributed by atoms with Gasteiger partial charge in [0.05, 0.1) is 0 Å². The molecule has 0 atom stereocenters. The second kappa shape index (κ2) is 3.11. The molecule has 3 fully saturated rings. The number of pyridine rings is 1. The summed E-state index contributed by atoms with van der Waals surface area (Å²) in [5, 5.41) is 2.30. The largest absolute Gasteiger partial charge is 0.422 e. The van der Waals surface area contributed by atoms with E-state index in [1.54, 1.807) is 12.1 Å². The van der Waals surface area contributed by atoms with Gasteiger partial charge in [0.1, 0.15) is 11.1 Å². The number of oxazole rings is 1. The summed E-state index contributed by atoms with van der Waals surface area (Å²) in [6.45, 7) is 0. The standard InChI is InChI=1S/C12H9N3O4/c16-8-6-4-12(5-6,10(17)14-8)15-7-2-1-3-13-9(7)19-11(15)18/h1-3,6H,4-5H2,(H,14,16,17). The van der Waals surface area contributed by atoms with Crippen LogP contribution in [0.5, 0.6) is 0 Å². The number of nitrogens with one attached hydrogen (secondary N) is 1. The molecule has 7 heteroatoms. The highest BCUT2D eigenvalue weighted by Crippen LogP contribution is 2.47. The van der Waals surface area contributed by atoms with Gasteiger partial charge in [-0.2, -0.15) is 0 Å². The Labute approximate surface area is 106 Å². The van der Waals surface area contributed by atoms with Crippen molar-refractivity contribution in [2.45, 2.75) is 18.4 Å². The number of piperidine rings is 2. The molecular weight excluding hydrogens is 250 g/mol. The van der Waals surface area contributed by atoms with E-state index in [1.165, 1.54) is 10.8 Å². The summed E-state index contributed by atoms with van der Waals surface area (Å²) in [5.41, 5.74) is -0.310. The number of amides is 2. The van der Waals surface area contributed by atoms with Crippen LogP contribution in [0.4, 0.5) is 0 Å². The first kappa shape index (κ1) is 10.5. The molecule has 1 saturated carbocycles. The van der Waals surface area contributed by atoms with Gasteiger partial charge in [-0.1, -0.05) is 0 Å². The molecule has 2 aromatic rings. The Morgan fingerprint density at radius 3 is 2.89 bits per heavy atom. The normalized spacial score (nSPS) is 29.2. The van der Waals surface area contributed by atoms with E-state index >= 15 is 0 Å². The third-order valence-electron chi connectivity index (χ3n) is 3.98. The van der Waals surface area contributed by atoms with E-state index in [9.17, 15) is 14.4 Å². The molecule has 4 heterocycles. The molecule has 1 N–H and O–H groups in total. The lowest BCUT2D eigenvalue weighted by atomic mass is 9.64. The van der Waals surface area contributed by atoms with E-state index in [0.29, 0.717) is 18.4 Å². The van der Waals surface area contributed by atoms with E-state index in [1.807, 2.05) is 0 Å². The topological polar surface area (TPSA) is 94.2 Å². The molecule has 5 rings (SSSR count). The first-order valence-electron chi connectivity index (χ1n) is 5.94. The summed E-state index contributed by atoms with van der Waals surface area (Å²) in [6.07, 6.45) is 2.21. The average molecular weight is 259 g/mol. The number of fused-ring (bicyclic) bond motifs is 3. The van der Waals surface area contributed by atoms with Gasteiger partial charge in [-0.25, -0.2) is 9.78 Å². The van der Waals surface area contributed by atoms with Crippen LogP contribution in [0.2, 0.25) is 0 Å².